The van der Waals surface area contributed by atoms with Gasteiger partial charge in [0.1, 0.15) is 12.1 Å². The molecule has 0 aromatic heterocycles. The number of amides is 2. The number of hydrogen-bond donors (Lipinski definition) is 2. The van der Waals surface area contributed by atoms with Gasteiger partial charge < -0.3 is 29.9 Å². The number of methoxy groups -OCH3 is 1. The standard InChI is InChI=1S/C19H35N5O4/c1-13(2)9-20-17(21-10-16(25)23(6)7)22-14-11-24(12-15(14)27-8)18(26)28-19(3,4)5/h14-15H,1,9-12H2,2-8H3,(H2,20,21,22)/t14?,15-/m0/s1. The zero-order chi connectivity index (χ0) is 21.5. The number of aliphatic imine (C=N–C) groups is 1. The summed E-state index contributed by atoms with van der Waals surface area (Å²) in [4.78, 5) is 31.7. The fraction of sp³-hybridized carbons (Fsp3) is 0.737. The Morgan fingerprint density at radius 2 is 1.93 bits per heavy atom. The molecule has 1 unspecified atom stereocenters. The molecule has 1 heterocycles. The summed E-state index contributed by atoms with van der Waals surface area (Å²) in [6.07, 6.45) is -0.607. The van der Waals surface area contributed by atoms with Crippen LogP contribution in [-0.2, 0) is 14.3 Å². The summed E-state index contributed by atoms with van der Waals surface area (Å²) in [7, 11) is 4.97. The first-order valence-electron chi connectivity index (χ1n) is 9.33. The molecule has 1 fully saturated rings. The van der Waals surface area contributed by atoms with Gasteiger partial charge in [0.25, 0.3) is 0 Å². The van der Waals surface area contributed by atoms with E-state index in [0.29, 0.717) is 25.6 Å². The van der Waals surface area contributed by atoms with E-state index in [-0.39, 0.29) is 30.7 Å². The van der Waals surface area contributed by atoms with Gasteiger partial charge in [-0.25, -0.2) is 9.79 Å². The number of likely N-dealkylation sites (tertiary alicyclic amines) is 1. The lowest BCUT2D eigenvalue weighted by Crippen LogP contribution is -2.49. The molecule has 28 heavy (non-hydrogen) atoms. The lowest BCUT2D eigenvalue weighted by molar-refractivity contribution is -0.127. The fourth-order valence-corrected chi connectivity index (χ4v) is 2.48. The van der Waals surface area contributed by atoms with E-state index in [1.807, 2.05) is 27.7 Å². The second-order valence-electron chi connectivity index (χ2n) is 8.17. The molecule has 0 aromatic carbocycles. The minimum Gasteiger partial charge on any atom is -0.444 e. The Morgan fingerprint density at radius 1 is 1.29 bits per heavy atom. The fourth-order valence-electron chi connectivity index (χ4n) is 2.48. The Morgan fingerprint density at radius 3 is 2.43 bits per heavy atom. The van der Waals surface area contributed by atoms with Gasteiger partial charge in [0, 0.05) is 34.3 Å². The molecule has 0 aliphatic carbocycles. The van der Waals surface area contributed by atoms with Crippen molar-refractivity contribution in [3.05, 3.63) is 12.2 Å². The van der Waals surface area contributed by atoms with E-state index >= 15 is 0 Å². The van der Waals surface area contributed by atoms with Crippen LogP contribution in [0.3, 0.4) is 0 Å². The van der Waals surface area contributed by atoms with Crippen LogP contribution in [0.4, 0.5) is 4.79 Å². The molecule has 1 saturated heterocycles. The van der Waals surface area contributed by atoms with Crippen LogP contribution in [0.1, 0.15) is 27.7 Å². The van der Waals surface area contributed by atoms with Gasteiger partial charge in [-0.3, -0.25) is 4.79 Å². The topological polar surface area (TPSA) is 95.5 Å². The van der Waals surface area contributed by atoms with E-state index in [1.54, 1.807) is 26.1 Å². The SMILES string of the molecule is C=C(C)CNC(=NCC(=O)N(C)C)NC1CN(C(=O)OC(C)(C)C)C[C@@H]1OC. The molecule has 1 aliphatic heterocycles. The van der Waals surface area contributed by atoms with Crippen LogP contribution >= 0.6 is 0 Å². The molecule has 2 N–H and O–H groups in total. The molecule has 0 spiro atoms. The molecule has 0 aromatic rings. The summed E-state index contributed by atoms with van der Waals surface area (Å²) in [6.45, 7) is 12.6. The predicted molar refractivity (Wildman–Crippen MR) is 109 cm³/mol. The van der Waals surface area contributed by atoms with Crippen molar-refractivity contribution in [3.8, 4) is 0 Å². The van der Waals surface area contributed by atoms with Gasteiger partial charge >= 0.3 is 6.09 Å². The number of likely N-dealkylation sites (N-methyl/N-ethyl adjacent to an activating group) is 1. The molecule has 1 rings (SSSR count). The van der Waals surface area contributed by atoms with Crippen molar-refractivity contribution in [2.45, 2.75) is 45.4 Å². The Bertz CT molecular complexity index is 598. The zero-order valence-corrected chi connectivity index (χ0v) is 18.2. The van der Waals surface area contributed by atoms with Crippen molar-refractivity contribution in [2.24, 2.45) is 4.99 Å². The summed E-state index contributed by atoms with van der Waals surface area (Å²) in [5.41, 5.74) is 0.367. The van der Waals surface area contributed by atoms with Crippen molar-refractivity contribution in [2.75, 3.05) is 47.4 Å². The average Bonchev–Trinajstić information content (AvgIpc) is 2.98. The highest BCUT2D eigenvalue weighted by Crippen LogP contribution is 2.17. The van der Waals surface area contributed by atoms with Crippen LogP contribution in [0.5, 0.6) is 0 Å². The normalized spacial score (nSPS) is 20.0. The highest BCUT2D eigenvalue weighted by atomic mass is 16.6. The van der Waals surface area contributed by atoms with Crippen LogP contribution in [0.2, 0.25) is 0 Å². The number of ether oxygens (including phenoxy) is 2. The Hall–Kier alpha value is -2.29. The van der Waals surface area contributed by atoms with Gasteiger partial charge in [-0.15, -0.1) is 0 Å². The van der Waals surface area contributed by atoms with E-state index in [1.165, 1.54) is 4.90 Å². The van der Waals surface area contributed by atoms with E-state index in [2.05, 4.69) is 22.2 Å². The molecule has 2 atom stereocenters. The van der Waals surface area contributed by atoms with Crippen molar-refractivity contribution in [3.63, 3.8) is 0 Å². The molecular weight excluding hydrogens is 362 g/mol. The van der Waals surface area contributed by atoms with E-state index in [4.69, 9.17) is 9.47 Å². The Labute approximate surface area is 168 Å². The van der Waals surface area contributed by atoms with Gasteiger partial charge in [-0.2, -0.15) is 0 Å². The molecule has 0 radical (unpaired) electrons. The lowest BCUT2D eigenvalue weighted by atomic mass is 10.2. The van der Waals surface area contributed by atoms with E-state index in [9.17, 15) is 9.59 Å². The number of hydrogen-bond acceptors (Lipinski definition) is 5. The number of carbonyl (C=O) groups is 2. The monoisotopic (exact) mass is 397 g/mol. The maximum Gasteiger partial charge on any atom is 0.410 e. The smallest absolute Gasteiger partial charge is 0.410 e. The molecular formula is C19H35N5O4. The second kappa shape index (κ2) is 10.3. The summed E-state index contributed by atoms with van der Waals surface area (Å²) < 4.78 is 11.0. The van der Waals surface area contributed by atoms with Crippen molar-refractivity contribution >= 4 is 18.0 Å². The van der Waals surface area contributed by atoms with Crippen LogP contribution in [0.25, 0.3) is 0 Å². The maximum atomic E-state index is 12.4. The molecule has 9 heteroatoms. The van der Waals surface area contributed by atoms with Crippen molar-refractivity contribution < 1.29 is 19.1 Å². The minimum atomic E-state index is -0.562. The van der Waals surface area contributed by atoms with Crippen LogP contribution < -0.4 is 10.6 Å². The van der Waals surface area contributed by atoms with Crippen LogP contribution in [-0.4, -0.2) is 92.9 Å². The molecule has 0 saturated carbocycles. The van der Waals surface area contributed by atoms with Gasteiger partial charge in [0.05, 0.1) is 18.7 Å². The first-order chi connectivity index (χ1) is 12.9. The highest BCUT2D eigenvalue weighted by Gasteiger charge is 2.37. The molecule has 0 bridgehead atoms. The first kappa shape index (κ1) is 23.7. The highest BCUT2D eigenvalue weighted by molar-refractivity contribution is 5.85. The number of carbonyl (C=O) groups excluding carboxylic acids is 2. The Balaban J connectivity index is 2.84. The third-order valence-electron chi connectivity index (χ3n) is 3.97. The minimum absolute atomic E-state index is 0.0126. The third kappa shape index (κ3) is 8.16. The number of rotatable bonds is 6. The van der Waals surface area contributed by atoms with E-state index < -0.39 is 5.60 Å². The van der Waals surface area contributed by atoms with Crippen molar-refractivity contribution in [1.82, 2.24) is 20.4 Å². The zero-order valence-electron chi connectivity index (χ0n) is 18.2. The predicted octanol–water partition coefficient (Wildman–Crippen LogP) is 0.820. The van der Waals surface area contributed by atoms with E-state index in [0.717, 1.165) is 5.57 Å². The molecule has 9 nitrogen and oxygen atoms in total. The quantitative estimate of drug-likeness (QED) is 0.391. The van der Waals surface area contributed by atoms with Crippen LogP contribution in [0, 0.1) is 0 Å². The molecule has 2 amide bonds. The number of guanidine groups is 1. The van der Waals surface area contributed by atoms with Crippen LogP contribution in [0.15, 0.2) is 17.1 Å². The van der Waals surface area contributed by atoms with Gasteiger partial charge in [0.15, 0.2) is 5.96 Å². The first-order valence-corrected chi connectivity index (χ1v) is 9.33. The largest absolute Gasteiger partial charge is 0.444 e. The summed E-state index contributed by atoms with van der Waals surface area (Å²) in [5.74, 6) is 0.359. The molecule has 1 aliphatic rings. The number of nitrogens with one attached hydrogen (secondary N) is 2. The summed E-state index contributed by atoms with van der Waals surface area (Å²) >= 11 is 0. The van der Waals surface area contributed by atoms with Crippen molar-refractivity contribution in [1.29, 1.82) is 0 Å². The van der Waals surface area contributed by atoms with Gasteiger partial charge in [0.2, 0.25) is 5.91 Å². The summed E-state index contributed by atoms with van der Waals surface area (Å²) in [6, 6.07) is -0.191. The number of nitrogens with zero attached hydrogens (tertiary/aromatic N) is 3. The summed E-state index contributed by atoms with van der Waals surface area (Å²) in [5, 5.41) is 6.41. The Kier molecular flexibility index (Phi) is 8.74. The maximum absolute atomic E-state index is 12.4. The van der Waals surface area contributed by atoms with Gasteiger partial charge in [-0.1, -0.05) is 12.2 Å². The van der Waals surface area contributed by atoms with Gasteiger partial charge in [-0.05, 0) is 27.7 Å². The average molecular weight is 398 g/mol. The third-order valence-corrected chi connectivity index (χ3v) is 3.97. The molecule has 160 valence electrons. The second-order valence-corrected chi connectivity index (χ2v) is 8.17. The lowest BCUT2D eigenvalue weighted by Gasteiger charge is -2.24.